The summed E-state index contributed by atoms with van der Waals surface area (Å²) in [5, 5.41) is 3.23. The first-order valence-electron chi connectivity index (χ1n) is 7.26. The van der Waals surface area contributed by atoms with E-state index < -0.39 is 0 Å². The Bertz CT molecular complexity index is 424. The highest BCUT2D eigenvalue weighted by molar-refractivity contribution is 9.10. The van der Waals surface area contributed by atoms with Crippen molar-refractivity contribution in [3.63, 3.8) is 0 Å². The summed E-state index contributed by atoms with van der Waals surface area (Å²) < 4.78 is 6.47. The highest BCUT2D eigenvalue weighted by Crippen LogP contribution is 2.25. The van der Waals surface area contributed by atoms with Crippen LogP contribution in [0.15, 0.2) is 10.7 Å². The second-order valence-corrected chi connectivity index (χ2v) is 6.11. The second-order valence-electron chi connectivity index (χ2n) is 5.26. The number of halogens is 1. The predicted molar refractivity (Wildman–Crippen MR) is 85.3 cm³/mol. The fourth-order valence-corrected chi connectivity index (χ4v) is 2.87. The van der Waals surface area contributed by atoms with Crippen molar-refractivity contribution in [1.82, 2.24) is 9.97 Å². The SMILES string of the molecule is CCCNc1ncc(Br)c(N(C)CC2CCCOC2)n1. The first kappa shape index (κ1) is 15.5. The average Bonchev–Trinajstić information content (AvgIpc) is 2.47. The summed E-state index contributed by atoms with van der Waals surface area (Å²) in [5.41, 5.74) is 0. The molecule has 0 radical (unpaired) electrons. The van der Waals surface area contributed by atoms with Gasteiger partial charge in [0, 0.05) is 32.9 Å². The van der Waals surface area contributed by atoms with Gasteiger partial charge in [-0.05, 0) is 41.1 Å². The minimum Gasteiger partial charge on any atom is -0.381 e. The van der Waals surface area contributed by atoms with Gasteiger partial charge in [-0.25, -0.2) is 4.98 Å². The minimum absolute atomic E-state index is 0.586. The van der Waals surface area contributed by atoms with Crippen molar-refractivity contribution in [3.8, 4) is 0 Å². The number of ether oxygens (including phenoxy) is 1. The Morgan fingerprint density at radius 1 is 1.55 bits per heavy atom. The summed E-state index contributed by atoms with van der Waals surface area (Å²) in [6.07, 6.45) is 5.26. The van der Waals surface area contributed by atoms with E-state index in [0.717, 1.165) is 49.4 Å². The molecule has 0 saturated carbocycles. The summed E-state index contributed by atoms with van der Waals surface area (Å²) in [7, 11) is 2.07. The van der Waals surface area contributed by atoms with Crippen LogP contribution in [0.3, 0.4) is 0 Å². The molecule has 1 aliphatic rings. The van der Waals surface area contributed by atoms with Gasteiger partial charge < -0.3 is 15.0 Å². The van der Waals surface area contributed by atoms with E-state index in [9.17, 15) is 0 Å². The average molecular weight is 343 g/mol. The maximum atomic E-state index is 5.54. The van der Waals surface area contributed by atoms with Crippen LogP contribution >= 0.6 is 15.9 Å². The van der Waals surface area contributed by atoms with Crippen molar-refractivity contribution < 1.29 is 4.74 Å². The largest absolute Gasteiger partial charge is 0.381 e. The van der Waals surface area contributed by atoms with Gasteiger partial charge in [0.05, 0.1) is 11.1 Å². The molecule has 5 nitrogen and oxygen atoms in total. The highest BCUT2D eigenvalue weighted by atomic mass is 79.9. The Morgan fingerprint density at radius 3 is 3.10 bits per heavy atom. The standard InChI is InChI=1S/C14H23BrN4O/c1-3-6-16-14-17-8-12(15)13(18-14)19(2)9-11-5-4-7-20-10-11/h8,11H,3-7,9-10H2,1-2H3,(H,16,17,18). The molecule has 0 aliphatic carbocycles. The van der Waals surface area contributed by atoms with Gasteiger partial charge in [0.1, 0.15) is 5.82 Å². The number of aromatic nitrogens is 2. The number of hydrogen-bond donors (Lipinski definition) is 1. The van der Waals surface area contributed by atoms with Crippen LogP contribution in [-0.2, 0) is 4.74 Å². The Kier molecular flexibility index (Phi) is 6.04. The van der Waals surface area contributed by atoms with E-state index in [0.29, 0.717) is 11.9 Å². The molecule has 0 bridgehead atoms. The van der Waals surface area contributed by atoms with E-state index in [2.05, 4.69) is 50.1 Å². The normalized spacial score (nSPS) is 18.9. The van der Waals surface area contributed by atoms with E-state index in [1.54, 1.807) is 0 Å². The molecule has 1 atom stereocenters. The Hall–Kier alpha value is -0.880. The number of nitrogens with one attached hydrogen (secondary N) is 1. The van der Waals surface area contributed by atoms with Crippen molar-refractivity contribution in [2.24, 2.45) is 5.92 Å². The van der Waals surface area contributed by atoms with Crippen LogP contribution in [0.2, 0.25) is 0 Å². The van der Waals surface area contributed by atoms with Crippen LogP contribution in [0.1, 0.15) is 26.2 Å². The molecule has 1 N–H and O–H groups in total. The van der Waals surface area contributed by atoms with Gasteiger partial charge in [-0.3, -0.25) is 0 Å². The monoisotopic (exact) mass is 342 g/mol. The van der Waals surface area contributed by atoms with Gasteiger partial charge in [-0.2, -0.15) is 4.98 Å². The summed E-state index contributed by atoms with van der Waals surface area (Å²) in [6, 6.07) is 0. The van der Waals surface area contributed by atoms with Crippen LogP contribution in [0.5, 0.6) is 0 Å². The van der Waals surface area contributed by atoms with E-state index in [1.807, 2.05) is 6.20 Å². The Labute approximate surface area is 129 Å². The lowest BCUT2D eigenvalue weighted by atomic mass is 10.0. The zero-order valence-electron chi connectivity index (χ0n) is 12.2. The molecule has 0 aromatic carbocycles. The third-order valence-corrected chi connectivity index (χ3v) is 3.97. The third kappa shape index (κ3) is 4.31. The topological polar surface area (TPSA) is 50.3 Å². The Morgan fingerprint density at radius 2 is 2.40 bits per heavy atom. The predicted octanol–water partition coefficient (Wildman–Crippen LogP) is 2.92. The first-order chi connectivity index (χ1) is 9.70. The molecule has 1 fully saturated rings. The molecule has 2 heterocycles. The summed E-state index contributed by atoms with van der Waals surface area (Å²) >= 11 is 3.54. The lowest BCUT2D eigenvalue weighted by Gasteiger charge is -2.28. The van der Waals surface area contributed by atoms with Crippen LogP contribution in [0.25, 0.3) is 0 Å². The molecular formula is C14H23BrN4O. The van der Waals surface area contributed by atoms with Crippen LogP contribution in [-0.4, -0.2) is 43.3 Å². The molecule has 1 aromatic heterocycles. The van der Waals surface area contributed by atoms with Crippen molar-refractivity contribution in [2.45, 2.75) is 26.2 Å². The van der Waals surface area contributed by atoms with Gasteiger partial charge in [-0.15, -0.1) is 0 Å². The van der Waals surface area contributed by atoms with Crippen LogP contribution < -0.4 is 10.2 Å². The van der Waals surface area contributed by atoms with Crippen LogP contribution in [0.4, 0.5) is 11.8 Å². The zero-order chi connectivity index (χ0) is 14.4. The van der Waals surface area contributed by atoms with Gasteiger partial charge in [0.2, 0.25) is 5.95 Å². The molecule has 1 unspecified atom stereocenters. The summed E-state index contributed by atoms with van der Waals surface area (Å²) in [6.45, 7) is 5.74. The van der Waals surface area contributed by atoms with Gasteiger partial charge >= 0.3 is 0 Å². The maximum absolute atomic E-state index is 5.54. The van der Waals surface area contributed by atoms with Crippen molar-refractivity contribution in [3.05, 3.63) is 10.7 Å². The molecule has 1 aliphatic heterocycles. The second kappa shape index (κ2) is 7.78. The molecule has 0 spiro atoms. The highest BCUT2D eigenvalue weighted by Gasteiger charge is 2.18. The quantitative estimate of drug-likeness (QED) is 0.861. The number of nitrogens with zero attached hydrogens (tertiary/aromatic N) is 3. The van der Waals surface area contributed by atoms with E-state index >= 15 is 0 Å². The molecule has 0 amide bonds. The van der Waals surface area contributed by atoms with Crippen molar-refractivity contribution >= 4 is 27.7 Å². The van der Waals surface area contributed by atoms with Gasteiger partial charge in [0.15, 0.2) is 0 Å². The molecule has 20 heavy (non-hydrogen) atoms. The van der Waals surface area contributed by atoms with Gasteiger partial charge in [0.25, 0.3) is 0 Å². The van der Waals surface area contributed by atoms with E-state index in [1.165, 1.54) is 6.42 Å². The molecule has 6 heteroatoms. The Balaban J connectivity index is 2.01. The third-order valence-electron chi connectivity index (χ3n) is 3.41. The van der Waals surface area contributed by atoms with E-state index in [4.69, 9.17) is 4.74 Å². The van der Waals surface area contributed by atoms with Gasteiger partial charge in [-0.1, -0.05) is 6.92 Å². The molecule has 2 rings (SSSR count). The minimum atomic E-state index is 0.586. The fourth-order valence-electron chi connectivity index (χ4n) is 2.37. The number of hydrogen-bond acceptors (Lipinski definition) is 5. The smallest absolute Gasteiger partial charge is 0.224 e. The maximum Gasteiger partial charge on any atom is 0.224 e. The van der Waals surface area contributed by atoms with E-state index in [-0.39, 0.29) is 0 Å². The number of rotatable bonds is 6. The summed E-state index contributed by atoms with van der Waals surface area (Å²) in [5.74, 6) is 2.21. The lowest BCUT2D eigenvalue weighted by molar-refractivity contribution is 0.0576. The fraction of sp³-hybridized carbons (Fsp3) is 0.714. The molecule has 1 saturated heterocycles. The number of anilines is 2. The first-order valence-corrected chi connectivity index (χ1v) is 8.05. The molecule has 112 valence electrons. The van der Waals surface area contributed by atoms with Crippen molar-refractivity contribution in [2.75, 3.05) is 43.6 Å². The zero-order valence-corrected chi connectivity index (χ0v) is 13.8. The molecular weight excluding hydrogens is 320 g/mol. The van der Waals surface area contributed by atoms with Crippen LogP contribution in [0, 0.1) is 5.92 Å². The summed E-state index contributed by atoms with van der Waals surface area (Å²) in [4.78, 5) is 11.1. The lowest BCUT2D eigenvalue weighted by Crippen LogP contribution is -2.31. The van der Waals surface area contributed by atoms with Crippen molar-refractivity contribution in [1.29, 1.82) is 0 Å². The molecule has 1 aromatic rings.